The van der Waals surface area contributed by atoms with E-state index in [1.807, 2.05) is 6.92 Å². The minimum absolute atomic E-state index is 0.159. The molecule has 0 aliphatic rings. The molecule has 144 valence electrons. The summed E-state index contributed by atoms with van der Waals surface area (Å²) in [5, 5.41) is 0. The average Bonchev–Trinajstić information content (AvgIpc) is 2.98. The van der Waals surface area contributed by atoms with Crippen molar-refractivity contribution < 1.29 is 13.2 Å². The number of unbranched alkanes of at least 4 members (excludes halogenated alkanes) is 1. The van der Waals surface area contributed by atoms with Crippen molar-refractivity contribution in [2.75, 3.05) is 0 Å². The van der Waals surface area contributed by atoms with Gasteiger partial charge < -0.3 is 9.13 Å². The van der Waals surface area contributed by atoms with Crippen LogP contribution in [0.5, 0.6) is 0 Å². The van der Waals surface area contributed by atoms with Crippen LogP contribution in [0.4, 0.5) is 13.2 Å². The van der Waals surface area contributed by atoms with Gasteiger partial charge in [-0.1, -0.05) is 13.3 Å². The van der Waals surface area contributed by atoms with E-state index in [1.54, 1.807) is 4.57 Å². The molecule has 0 aliphatic carbocycles. The summed E-state index contributed by atoms with van der Waals surface area (Å²) < 4.78 is 43.1. The lowest BCUT2D eigenvalue weighted by Crippen LogP contribution is -2.37. The Labute approximate surface area is 152 Å². The molecule has 0 N–H and O–H groups in total. The van der Waals surface area contributed by atoms with Gasteiger partial charge in [-0.3, -0.25) is 9.36 Å². The Morgan fingerprint density at radius 2 is 1.85 bits per heavy atom. The molecule has 0 saturated heterocycles. The molecule has 0 aliphatic heterocycles. The summed E-state index contributed by atoms with van der Waals surface area (Å²) in [6, 6.07) is 3.36. The van der Waals surface area contributed by atoms with E-state index in [2.05, 4.69) is 4.98 Å². The molecule has 0 bridgehead atoms. The van der Waals surface area contributed by atoms with Gasteiger partial charge in [0.15, 0.2) is 0 Å². The van der Waals surface area contributed by atoms with E-state index in [0.717, 1.165) is 29.5 Å². The first kappa shape index (κ1) is 18.9. The van der Waals surface area contributed by atoms with E-state index in [-0.39, 0.29) is 16.9 Å². The third kappa shape index (κ3) is 3.29. The van der Waals surface area contributed by atoms with Crippen molar-refractivity contribution in [1.82, 2.24) is 18.7 Å². The lowest BCUT2D eigenvalue weighted by molar-refractivity contribution is -0.137. The van der Waals surface area contributed by atoms with Crippen molar-refractivity contribution in [3.05, 3.63) is 50.8 Å². The van der Waals surface area contributed by atoms with Crippen LogP contribution in [0.25, 0.3) is 22.4 Å². The van der Waals surface area contributed by atoms with Gasteiger partial charge in [0.25, 0.3) is 5.56 Å². The summed E-state index contributed by atoms with van der Waals surface area (Å²) in [7, 11) is 2.86. The lowest BCUT2D eigenvalue weighted by atomic mass is 10.2. The van der Waals surface area contributed by atoms with Gasteiger partial charge >= 0.3 is 11.9 Å². The second-order valence-corrected chi connectivity index (χ2v) is 6.44. The predicted octanol–water partition coefficient (Wildman–Crippen LogP) is 2.92. The molecule has 2 heterocycles. The molecule has 2 aromatic heterocycles. The van der Waals surface area contributed by atoms with E-state index < -0.39 is 23.0 Å². The van der Waals surface area contributed by atoms with Crippen LogP contribution in [0, 0.1) is 0 Å². The lowest BCUT2D eigenvalue weighted by Gasteiger charge is -2.11. The maximum atomic E-state index is 13.0. The first-order valence-corrected chi connectivity index (χ1v) is 8.49. The van der Waals surface area contributed by atoms with Crippen molar-refractivity contribution >= 4 is 11.0 Å². The van der Waals surface area contributed by atoms with Gasteiger partial charge in [0, 0.05) is 26.8 Å². The number of rotatable bonds is 4. The minimum atomic E-state index is -4.48. The molecule has 0 atom stereocenters. The Balaban J connectivity index is 2.32. The van der Waals surface area contributed by atoms with Crippen molar-refractivity contribution in [2.24, 2.45) is 14.1 Å². The number of alkyl halides is 3. The van der Waals surface area contributed by atoms with Gasteiger partial charge in [0.2, 0.25) is 0 Å². The molecule has 27 heavy (non-hydrogen) atoms. The molecule has 0 unspecified atom stereocenters. The SMILES string of the molecule is CCCCn1c(-c2cn(C)c(=O)n(C)c2=O)nc2cc(C(F)(F)F)ccc21. The molecule has 3 rings (SSSR count). The zero-order valence-electron chi connectivity index (χ0n) is 15.2. The Morgan fingerprint density at radius 3 is 2.48 bits per heavy atom. The number of nitrogens with zero attached hydrogens (tertiary/aromatic N) is 4. The summed E-state index contributed by atoms with van der Waals surface area (Å²) in [4.78, 5) is 28.8. The third-order valence-electron chi connectivity index (χ3n) is 4.50. The van der Waals surface area contributed by atoms with Gasteiger partial charge in [0.05, 0.1) is 22.2 Å². The summed E-state index contributed by atoms with van der Waals surface area (Å²) in [5.41, 5.74) is -0.980. The van der Waals surface area contributed by atoms with Crippen LogP contribution < -0.4 is 11.2 Å². The number of hydrogen-bond donors (Lipinski definition) is 0. The number of benzene rings is 1. The standard InChI is InChI=1S/C18H19F3N4O2/c1-4-5-8-25-14-7-6-11(18(19,20)21)9-13(14)22-15(25)12-10-23(2)17(27)24(3)16(12)26/h6-7,9-10H,4-5,8H2,1-3H3. The van der Waals surface area contributed by atoms with Crippen molar-refractivity contribution in [3.8, 4) is 11.4 Å². The second-order valence-electron chi connectivity index (χ2n) is 6.44. The molecule has 6 nitrogen and oxygen atoms in total. The molecular formula is C18H19F3N4O2. The highest BCUT2D eigenvalue weighted by Gasteiger charge is 2.31. The Hall–Kier alpha value is -2.84. The Bertz CT molecular complexity index is 1120. The largest absolute Gasteiger partial charge is 0.416 e. The smallest absolute Gasteiger partial charge is 0.324 e. The van der Waals surface area contributed by atoms with Crippen LogP contribution in [0.15, 0.2) is 34.0 Å². The van der Waals surface area contributed by atoms with Crippen LogP contribution in [0.1, 0.15) is 25.3 Å². The van der Waals surface area contributed by atoms with E-state index in [4.69, 9.17) is 0 Å². The van der Waals surface area contributed by atoms with Crippen LogP contribution >= 0.6 is 0 Å². The van der Waals surface area contributed by atoms with Gasteiger partial charge in [-0.05, 0) is 24.6 Å². The zero-order chi connectivity index (χ0) is 19.9. The third-order valence-corrected chi connectivity index (χ3v) is 4.50. The van der Waals surface area contributed by atoms with E-state index in [0.29, 0.717) is 12.1 Å². The number of hydrogen-bond acceptors (Lipinski definition) is 3. The van der Waals surface area contributed by atoms with Gasteiger partial charge in [-0.2, -0.15) is 13.2 Å². The number of aromatic nitrogens is 4. The topological polar surface area (TPSA) is 61.8 Å². The summed E-state index contributed by atoms with van der Waals surface area (Å²) in [6.45, 7) is 2.49. The number of imidazole rings is 1. The molecule has 0 radical (unpaired) electrons. The van der Waals surface area contributed by atoms with Crippen molar-refractivity contribution in [3.63, 3.8) is 0 Å². The average molecular weight is 380 g/mol. The summed E-state index contributed by atoms with van der Waals surface area (Å²) in [6.07, 6.45) is -1.47. The van der Waals surface area contributed by atoms with Crippen molar-refractivity contribution in [2.45, 2.75) is 32.5 Å². The maximum Gasteiger partial charge on any atom is 0.416 e. The normalized spacial score (nSPS) is 12.1. The van der Waals surface area contributed by atoms with E-state index in [9.17, 15) is 22.8 Å². The minimum Gasteiger partial charge on any atom is -0.324 e. The number of fused-ring (bicyclic) bond motifs is 1. The van der Waals surface area contributed by atoms with Crippen LogP contribution in [-0.2, 0) is 26.8 Å². The van der Waals surface area contributed by atoms with Gasteiger partial charge in [-0.25, -0.2) is 9.78 Å². The summed E-state index contributed by atoms with van der Waals surface area (Å²) in [5.74, 6) is 0.258. The monoisotopic (exact) mass is 380 g/mol. The highest BCUT2D eigenvalue weighted by atomic mass is 19.4. The van der Waals surface area contributed by atoms with E-state index >= 15 is 0 Å². The highest BCUT2D eigenvalue weighted by Crippen LogP contribution is 2.32. The Kier molecular flexibility index (Phi) is 4.71. The fraction of sp³-hybridized carbons (Fsp3) is 0.389. The summed E-state index contributed by atoms with van der Waals surface area (Å²) >= 11 is 0. The second kappa shape index (κ2) is 6.71. The predicted molar refractivity (Wildman–Crippen MR) is 95.6 cm³/mol. The highest BCUT2D eigenvalue weighted by molar-refractivity contribution is 5.81. The Morgan fingerprint density at radius 1 is 1.15 bits per heavy atom. The number of aryl methyl sites for hydroxylation is 2. The molecule has 0 amide bonds. The first-order valence-electron chi connectivity index (χ1n) is 8.49. The fourth-order valence-electron chi connectivity index (χ4n) is 3.02. The van der Waals surface area contributed by atoms with Crippen molar-refractivity contribution in [1.29, 1.82) is 0 Å². The molecule has 1 aromatic carbocycles. The molecule has 0 spiro atoms. The van der Waals surface area contributed by atoms with Crippen LogP contribution in [0.2, 0.25) is 0 Å². The fourth-order valence-corrected chi connectivity index (χ4v) is 3.02. The van der Waals surface area contributed by atoms with Crippen LogP contribution in [0.3, 0.4) is 0 Å². The zero-order valence-corrected chi connectivity index (χ0v) is 15.2. The first-order chi connectivity index (χ1) is 12.6. The van der Waals surface area contributed by atoms with Gasteiger partial charge in [0.1, 0.15) is 5.82 Å². The quantitative estimate of drug-likeness (QED) is 0.699. The van der Waals surface area contributed by atoms with Crippen LogP contribution in [-0.4, -0.2) is 18.7 Å². The molecule has 0 saturated carbocycles. The molecule has 3 aromatic rings. The molecule has 0 fully saturated rings. The molecular weight excluding hydrogens is 361 g/mol. The number of halogens is 3. The van der Waals surface area contributed by atoms with Gasteiger partial charge in [-0.15, -0.1) is 0 Å². The van der Waals surface area contributed by atoms with E-state index in [1.165, 1.54) is 30.9 Å². The maximum absolute atomic E-state index is 13.0. The molecule has 9 heteroatoms.